The van der Waals surface area contributed by atoms with Gasteiger partial charge in [0.1, 0.15) is 6.04 Å². The van der Waals surface area contributed by atoms with Gasteiger partial charge in [-0.3, -0.25) is 0 Å². The summed E-state index contributed by atoms with van der Waals surface area (Å²) in [5.74, 6) is -0.860. The van der Waals surface area contributed by atoms with Crippen LogP contribution < -0.4 is 5.32 Å². The van der Waals surface area contributed by atoms with E-state index < -0.39 is 12.0 Å². The first kappa shape index (κ1) is 15.8. The van der Waals surface area contributed by atoms with Gasteiger partial charge in [0, 0.05) is 17.7 Å². The van der Waals surface area contributed by atoms with Crippen LogP contribution in [0.1, 0.15) is 5.56 Å². The van der Waals surface area contributed by atoms with E-state index in [0.29, 0.717) is 6.42 Å². The van der Waals surface area contributed by atoms with Gasteiger partial charge in [0.25, 0.3) is 0 Å². The van der Waals surface area contributed by atoms with E-state index in [1.165, 1.54) is 0 Å². The van der Waals surface area contributed by atoms with Crippen LogP contribution in [0.3, 0.4) is 0 Å². The average molecular weight is 317 g/mol. The highest BCUT2D eigenvalue weighted by Gasteiger charge is 2.19. The molecule has 0 radical (unpaired) electrons. The highest BCUT2D eigenvalue weighted by atomic mass is 16.4. The van der Waals surface area contributed by atoms with Crippen LogP contribution in [0.15, 0.2) is 84.9 Å². The number of aliphatic carboxylic acids is 1. The SMILES string of the molecule is O=C(O)[C@H](Cc1ccccc1)Nc1ccccc1-c1ccccc1. The van der Waals surface area contributed by atoms with Crippen molar-refractivity contribution in [3.8, 4) is 11.1 Å². The van der Waals surface area contributed by atoms with Gasteiger partial charge >= 0.3 is 5.97 Å². The van der Waals surface area contributed by atoms with Gasteiger partial charge in [-0.05, 0) is 17.2 Å². The molecular weight excluding hydrogens is 298 g/mol. The number of anilines is 1. The minimum atomic E-state index is -0.860. The Morgan fingerprint density at radius 3 is 2.08 bits per heavy atom. The molecule has 0 spiro atoms. The van der Waals surface area contributed by atoms with E-state index in [9.17, 15) is 9.90 Å². The molecule has 0 unspecified atom stereocenters. The average Bonchev–Trinajstić information content (AvgIpc) is 2.63. The lowest BCUT2D eigenvalue weighted by molar-refractivity contribution is -0.137. The van der Waals surface area contributed by atoms with Crippen molar-refractivity contribution in [3.63, 3.8) is 0 Å². The molecule has 0 bridgehead atoms. The first-order valence-electron chi connectivity index (χ1n) is 7.92. The third-order valence-corrected chi connectivity index (χ3v) is 3.92. The largest absolute Gasteiger partial charge is 0.480 e. The van der Waals surface area contributed by atoms with Crippen molar-refractivity contribution < 1.29 is 9.90 Å². The third-order valence-electron chi connectivity index (χ3n) is 3.92. The molecule has 120 valence electrons. The Kier molecular flexibility index (Phi) is 4.92. The quantitative estimate of drug-likeness (QED) is 0.705. The molecule has 0 amide bonds. The van der Waals surface area contributed by atoms with E-state index in [1.54, 1.807) is 0 Å². The van der Waals surface area contributed by atoms with E-state index >= 15 is 0 Å². The Bertz CT molecular complexity index is 800. The second kappa shape index (κ2) is 7.47. The molecule has 3 aromatic carbocycles. The molecule has 3 nitrogen and oxygen atoms in total. The Hall–Kier alpha value is -3.07. The molecule has 0 aliphatic carbocycles. The topological polar surface area (TPSA) is 49.3 Å². The fraction of sp³-hybridized carbons (Fsp3) is 0.0952. The zero-order valence-corrected chi connectivity index (χ0v) is 13.2. The van der Waals surface area contributed by atoms with Crippen LogP contribution in [-0.4, -0.2) is 17.1 Å². The van der Waals surface area contributed by atoms with Crippen molar-refractivity contribution in [1.82, 2.24) is 0 Å². The summed E-state index contributed by atoms with van der Waals surface area (Å²) in [7, 11) is 0. The van der Waals surface area contributed by atoms with Crippen molar-refractivity contribution in [2.24, 2.45) is 0 Å². The minimum Gasteiger partial charge on any atom is -0.480 e. The van der Waals surface area contributed by atoms with Gasteiger partial charge in [0.15, 0.2) is 0 Å². The molecule has 0 aliphatic heterocycles. The van der Waals surface area contributed by atoms with Crippen LogP contribution in [0.5, 0.6) is 0 Å². The monoisotopic (exact) mass is 317 g/mol. The van der Waals surface area contributed by atoms with Crippen molar-refractivity contribution in [2.45, 2.75) is 12.5 Å². The number of rotatable bonds is 6. The normalized spacial score (nSPS) is 11.7. The summed E-state index contributed by atoms with van der Waals surface area (Å²) >= 11 is 0. The molecular formula is C21H19NO2. The van der Waals surface area contributed by atoms with Crippen molar-refractivity contribution >= 4 is 11.7 Å². The second-order valence-electron chi connectivity index (χ2n) is 5.64. The Morgan fingerprint density at radius 2 is 1.42 bits per heavy atom. The summed E-state index contributed by atoms with van der Waals surface area (Å²) in [5, 5.41) is 12.8. The molecule has 0 aromatic heterocycles. The smallest absolute Gasteiger partial charge is 0.326 e. The maximum atomic E-state index is 11.7. The summed E-state index contributed by atoms with van der Waals surface area (Å²) in [6.07, 6.45) is 0.430. The molecule has 24 heavy (non-hydrogen) atoms. The van der Waals surface area contributed by atoms with Gasteiger partial charge in [0.05, 0.1) is 0 Å². The number of carbonyl (C=O) groups is 1. The molecule has 0 fully saturated rings. The van der Waals surface area contributed by atoms with Crippen molar-refractivity contribution in [3.05, 3.63) is 90.5 Å². The maximum absolute atomic E-state index is 11.7. The highest BCUT2D eigenvalue weighted by molar-refractivity contribution is 5.83. The molecule has 3 heteroatoms. The number of carboxylic acids is 1. The van der Waals surface area contributed by atoms with Crippen LogP contribution in [0.25, 0.3) is 11.1 Å². The number of hydrogen-bond acceptors (Lipinski definition) is 2. The summed E-state index contributed by atoms with van der Waals surface area (Å²) in [6.45, 7) is 0. The number of benzene rings is 3. The second-order valence-corrected chi connectivity index (χ2v) is 5.64. The van der Waals surface area contributed by atoms with Gasteiger partial charge in [-0.2, -0.15) is 0 Å². The summed E-state index contributed by atoms with van der Waals surface area (Å²) in [5.41, 5.74) is 3.88. The fourth-order valence-corrected chi connectivity index (χ4v) is 2.72. The zero-order chi connectivity index (χ0) is 16.8. The number of nitrogens with one attached hydrogen (secondary N) is 1. The zero-order valence-electron chi connectivity index (χ0n) is 13.2. The maximum Gasteiger partial charge on any atom is 0.326 e. The Morgan fingerprint density at radius 1 is 0.833 bits per heavy atom. The van der Waals surface area contributed by atoms with Crippen molar-refractivity contribution in [2.75, 3.05) is 5.32 Å². The molecule has 0 saturated carbocycles. The first-order chi connectivity index (χ1) is 11.7. The van der Waals surface area contributed by atoms with Crippen LogP contribution >= 0.6 is 0 Å². The van der Waals surface area contributed by atoms with Gasteiger partial charge in [-0.15, -0.1) is 0 Å². The summed E-state index contributed by atoms with van der Waals surface area (Å²) in [6, 6.07) is 26.7. The molecule has 1 atom stereocenters. The predicted molar refractivity (Wildman–Crippen MR) is 97.1 cm³/mol. The number of para-hydroxylation sites is 1. The minimum absolute atomic E-state index is 0.430. The van der Waals surface area contributed by atoms with E-state index in [-0.39, 0.29) is 0 Å². The molecule has 3 rings (SSSR count). The molecule has 0 aliphatic rings. The lowest BCUT2D eigenvalue weighted by Gasteiger charge is -2.18. The van der Waals surface area contributed by atoms with E-state index in [4.69, 9.17) is 0 Å². The van der Waals surface area contributed by atoms with Gasteiger partial charge in [0.2, 0.25) is 0 Å². The third kappa shape index (κ3) is 3.82. The highest BCUT2D eigenvalue weighted by Crippen LogP contribution is 2.28. The molecule has 2 N–H and O–H groups in total. The van der Waals surface area contributed by atoms with E-state index in [1.807, 2.05) is 84.9 Å². The number of hydrogen-bond donors (Lipinski definition) is 2. The Balaban J connectivity index is 1.87. The Labute approximate surface area is 141 Å². The fourth-order valence-electron chi connectivity index (χ4n) is 2.72. The predicted octanol–water partition coefficient (Wildman–Crippen LogP) is 4.46. The van der Waals surface area contributed by atoms with E-state index in [0.717, 1.165) is 22.4 Å². The van der Waals surface area contributed by atoms with Crippen LogP contribution in [0.4, 0.5) is 5.69 Å². The lowest BCUT2D eigenvalue weighted by atomic mass is 10.0. The molecule has 0 heterocycles. The first-order valence-corrected chi connectivity index (χ1v) is 7.92. The van der Waals surface area contributed by atoms with Crippen LogP contribution in [0, 0.1) is 0 Å². The van der Waals surface area contributed by atoms with Crippen molar-refractivity contribution in [1.29, 1.82) is 0 Å². The summed E-state index contributed by atoms with van der Waals surface area (Å²) < 4.78 is 0. The van der Waals surface area contributed by atoms with Gasteiger partial charge in [-0.1, -0.05) is 78.9 Å². The van der Waals surface area contributed by atoms with Gasteiger partial charge < -0.3 is 10.4 Å². The molecule has 0 saturated heterocycles. The van der Waals surface area contributed by atoms with Gasteiger partial charge in [-0.25, -0.2) is 4.79 Å². The standard InChI is InChI=1S/C21H19NO2/c23-21(24)20(15-16-9-3-1-4-10-16)22-19-14-8-7-13-18(19)17-11-5-2-6-12-17/h1-14,20,22H,15H2,(H,23,24)/t20-/m0/s1. The number of carboxylic acid groups (broad SMARTS) is 1. The van der Waals surface area contributed by atoms with Crippen LogP contribution in [-0.2, 0) is 11.2 Å². The summed E-state index contributed by atoms with van der Waals surface area (Å²) in [4.78, 5) is 11.7. The molecule has 3 aromatic rings. The van der Waals surface area contributed by atoms with E-state index in [2.05, 4.69) is 5.32 Å². The van der Waals surface area contributed by atoms with Crippen LogP contribution in [0.2, 0.25) is 0 Å². The lowest BCUT2D eigenvalue weighted by Crippen LogP contribution is -2.31.